The van der Waals surface area contributed by atoms with Gasteiger partial charge in [0.05, 0.1) is 0 Å². The zero-order valence-corrected chi connectivity index (χ0v) is 13.1. The molecule has 0 aliphatic heterocycles. The van der Waals surface area contributed by atoms with Crippen LogP contribution in [0.25, 0.3) is 0 Å². The quantitative estimate of drug-likeness (QED) is 0.906. The normalized spacial score (nSPS) is 20.5. The molecule has 0 bridgehead atoms. The van der Waals surface area contributed by atoms with E-state index in [-0.39, 0.29) is 11.9 Å². The molecule has 1 heterocycles. The molecule has 0 atom stereocenters. The standard InChI is InChI=1S/C16H18ClFN4/c1-9-21-15(11-4-13(19)5-11)7-16(22-9)20-8-10-2-3-12(18)6-14(10)17/h2-3,6-7,11,13H,4-5,8,19H2,1H3,(H,20,21,22). The maximum atomic E-state index is 13.0. The van der Waals surface area contributed by atoms with E-state index in [1.54, 1.807) is 6.07 Å². The van der Waals surface area contributed by atoms with E-state index in [1.165, 1.54) is 12.1 Å². The third-order valence-corrected chi connectivity index (χ3v) is 4.28. The molecule has 1 aliphatic carbocycles. The Kier molecular flexibility index (Phi) is 4.27. The Bertz CT molecular complexity index is 686. The molecule has 2 aromatic rings. The SMILES string of the molecule is Cc1nc(NCc2ccc(F)cc2Cl)cc(C2CC(N)C2)n1. The molecule has 0 unspecified atom stereocenters. The molecule has 1 aromatic heterocycles. The highest BCUT2D eigenvalue weighted by Crippen LogP contribution is 2.35. The fourth-order valence-corrected chi connectivity index (χ4v) is 2.88. The first-order valence-electron chi connectivity index (χ1n) is 7.30. The van der Waals surface area contributed by atoms with Gasteiger partial charge in [-0.05, 0) is 37.5 Å². The molecule has 1 saturated carbocycles. The number of rotatable bonds is 4. The molecule has 1 aliphatic rings. The van der Waals surface area contributed by atoms with Gasteiger partial charge in [0, 0.05) is 35.3 Å². The highest BCUT2D eigenvalue weighted by atomic mass is 35.5. The molecule has 0 amide bonds. The van der Waals surface area contributed by atoms with Gasteiger partial charge >= 0.3 is 0 Å². The van der Waals surface area contributed by atoms with Gasteiger partial charge in [-0.3, -0.25) is 0 Å². The third kappa shape index (κ3) is 3.36. The van der Waals surface area contributed by atoms with Crippen molar-refractivity contribution in [1.82, 2.24) is 9.97 Å². The second-order valence-electron chi connectivity index (χ2n) is 5.74. The van der Waals surface area contributed by atoms with Crippen molar-refractivity contribution in [3.8, 4) is 0 Å². The fourth-order valence-electron chi connectivity index (χ4n) is 2.64. The number of hydrogen-bond donors (Lipinski definition) is 2. The van der Waals surface area contributed by atoms with Crippen LogP contribution in [0.4, 0.5) is 10.2 Å². The minimum absolute atomic E-state index is 0.287. The first kappa shape index (κ1) is 15.2. The number of aromatic nitrogens is 2. The van der Waals surface area contributed by atoms with E-state index < -0.39 is 0 Å². The van der Waals surface area contributed by atoms with Crippen molar-refractivity contribution in [3.05, 3.63) is 52.2 Å². The molecule has 3 N–H and O–H groups in total. The van der Waals surface area contributed by atoms with Crippen molar-refractivity contribution in [2.45, 2.75) is 38.3 Å². The van der Waals surface area contributed by atoms with Crippen LogP contribution in [0.5, 0.6) is 0 Å². The van der Waals surface area contributed by atoms with Crippen molar-refractivity contribution in [2.24, 2.45) is 5.73 Å². The number of hydrogen-bond acceptors (Lipinski definition) is 4. The molecule has 0 spiro atoms. The van der Waals surface area contributed by atoms with Gasteiger partial charge in [0.1, 0.15) is 17.5 Å². The number of benzene rings is 1. The molecule has 4 nitrogen and oxygen atoms in total. The number of anilines is 1. The largest absolute Gasteiger partial charge is 0.366 e. The number of nitrogens with one attached hydrogen (secondary N) is 1. The summed E-state index contributed by atoms with van der Waals surface area (Å²) in [7, 11) is 0. The summed E-state index contributed by atoms with van der Waals surface area (Å²) in [5.41, 5.74) is 7.70. The van der Waals surface area contributed by atoms with E-state index in [0.717, 1.165) is 35.7 Å². The minimum atomic E-state index is -0.338. The Labute approximate surface area is 133 Å². The maximum absolute atomic E-state index is 13.0. The summed E-state index contributed by atoms with van der Waals surface area (Å²) in [6, 6.07) is 6.63. The molecule has 116 valence electrons. The van der Waals surface area contributed by atoms with Gasteiger partial charge in [0.15, 0.2) is 0 Å². The summed E-state index contributed by atoms with van der Waals surface area (Å²) in [5.74, 6) is 1.57. The van der Waals surface area contributed by atoms with E-state index in [1.807, 2.05) is 13.0 Å². The predicted molar refractivity (Wildman–Crippen MR) is 85.5 cm³/mol. The van der Waals surface area contributed by atoms with Gasteiger partial charge in [-0.25, -0.2) is 14.4 Å². The Morgan fingerprint density at radius 1 is 1.32 bits per heavy atom. The zero-order valence-electron chi connectivity index (χ0n) is 12.3. The second kappa shape index (κ2) is 6.18. The Hall–Kier alpha value is -1.72. The van der Waals surface area contributed by atoms with Gasteiger partial charge in [0.2, 0.25) is 0 Å². The van der Waals surface area contributed by atoms with Gasteiger partial charge < -0.3 is 11.1 Å². The van der Waals surface area contributed by atoms with Gasteiger partial charge in [-0.1, -0.05) is 17.7 Å². The van der Waals surface area contributed by atoms with Crippen LogP contribution in [-0.4, -0.2) is 16.0 Å². The summed E-state index contributed by atoms with van der Waals surface area (Å²) < 4.78 is 13.0. The molecular weight excluding hydrogens is 303 g/mol. The van der Waals surface area contributed by atoms with E-state index in [4.69, 9.17) is 17.3 Å². The first-order valence-corrected chi connectivity index (χ1v) is 7.68. The number of aryl methyl sites for hydroxylation is 1. The molecule has 1 aromatic carbocycles. The summed E-state index contributed by atoms with van der Waals surface area (Å²) in [5, 5.41) is 3.63. The number of nitrogens with two attached hydrogens (primary N) is 1. The van der Waals surface area contributed by atoms with Crippen molar-refractivity contribution >= 4 is 17.4 Å². The first-order chi connectivity index (χ1) is 10.5. The molecule has 0 saturated heterocycles. The van der Waals surface area contributed by atoms with Crippen molar-refractivity contribution in [2.75, 3.05) is 5.32 Å². The lowest BCUT2D eigenvalue weighted by atomic mass is 9.78. The van der Waals surface area contributed by atoms with Crippen LogP contribution >= 0.6 is 11.6 Å². The lowest BCUT2D eigenvalue weighted by Crippen LogP contribution is -2.35. The van der Waals surface area contributed by atoms with Crippen LogP contribution in [0.15, 0.2) is 24.3 Å². The Morgan fingerprint density at radius 2 is 2.09 bits per heavy atom. The number of nitrogens with zero attached hydrogens (tertiary/aromatic N) is 2. The smallest absolute Gasteiger partial charge is 0.130 e. The molecule has 0 radical (unpaired) electrons. The van der Waals surface area contributed by atoms with Crippen LogP contribution in [-0.2, 0) is 6.54 Å². The Morgan fingerprint density at radius 3 is 2.77 bits per heavy atom. The lowest BCUT2D eigenvalue weighted by Gasteiger charge is -2.32. The van der Waals surface area contributed by atoms with E-state index in [9.17, 15) is 4.39 Å². The van der Waals surface area contributed by atoms with Crippen LogP contribution < -0.4 is 11.1 Å². The maximum Gasteiger partial charge on any atom is 0.130 e. The molecular formula is C16H18ClFN4. The zero-order chi connectivity index (χ0) is 15.7. The van der Waals surface area contributed by atoms with Gasteiger partial charge in [-0.2, -0.15) is 0 Å². The molecule has 3 rings (SSSR count). The minimum Gasteiger partial charge on any atom is -0.366 e. The van der Waals surface area contributed by atoms with Crippen molar-refractivity contribution in [3.63, 3.8) is 0 Å². The predicted octanol–water partition coefficient (Wildman–Crippen LogP) is 3.39. The third-order valence-electron chi connectivity index (χ3n) is 3.93. The van der Waals surface area contributed by atoms with Crippen LogP contribution in [0.1, 0.15) is 35.8 Å². The molecule has 1 fully saturated rings. The second-order valence-corrected chi connectivity index (χ2v) is 6.15. The molecule has 22 heavy (non-hydrogen) atoms. The van der Waals surface area contributed by atoms with Crippen molar-refractivity contribution < 1.29 is 4.39 Å². The average Bonchev–Trinajstić information content (AvgIpc) is 2.42. The van der Waals surface area contributed by atoms with Crippen LogP contribution in [0.3, 0.4) is 0 Å². The summed E-state index contributed by atoms with van der Waals surface area (Å²) in [6.07, 6.45) is 1.94. The van der Waals surface area contributed by atoms with Crippen LogP contribution in [0, 0.1) is 12.7 Å². The number of halogens is 2. The molecule has 6 heteroatoms. The van der Waals surface area contributed by atoms with E-state index >= 15 is 0 Å². The average molecular weight is 321 g/mol. The van der Waals surface area contributed by atoms with Gasteiger partial charge in [0.25, 0.3) is 0 Å². The topological polar surface area (TPSA) is 63.8 Å². The summed E-state index contributed by atoms with van der Waals surface area (Å²) in [4.78, 5) is 8.88. The van der Waals surface area contributed by atoms with E-state index in [2.05, 4.69) is 15.3 Å². The summed E-state index contributed by atoms with van der Waals surface area (Å²) >= 11 is 6.03. The fraction of sp³-hybridized carbons (Fsp3) is 0.375. The van der Waals surface area contributed by atoms with Crippen LogP contribution in [0.2, 0.25) is 5.02 Å². The highest BCUT2D eigenvalue weighted by molar-refractivity contribution is 6.31. The lowest BCUT2D eigenvalue weighted by molar-refractivity contribution is 0.344. The highest BCUT2D eigenvalue weighted by Gasteiger charge is 2.28. The van der Waals surface area contributed by atoms with Crippen molar-refractivity contribution in [1.29, 1.82) is 0 Å². The Balaban J connectivity index is 1.72. The monoisotopic (exact) mass is 320 g/mol. The summed E-state index contributed by atoms with van der Waals surface area (Å²) in [6.45, 7) is 2.36. The van der Waals surface area contributed by atoms with Gasteiger partial charge in [-0.15, -0.1) is 0 Å². The van der Waals surface area contributed by atoms with E-state index in [0.29, 0.717) is 17.5 Å².